The summed E-state index contributed by atoms with van der Waals surface area (Å²) in [4.78, 5) is 31.7. The smallest absolute Gasteiger partial charge is 0.271 e. The Kier molecular flexibility index (Phi) is 7.18. The van der Waals surface area contributed by atoms with E-state index in [-0.39, 0.29) is 23.2 Å². The number of nitrogens with two attached hydrogens (primary N) is 2. The van der Waals surface area contributed by atoms with Crippen molar-refractivity contribution in [2.45, 2.75) is 19.9 Å². The highest BCUT2D eigenvalue weighted by atomic mass is 16.1. The van der Waals surface area contributed by atoms with E-state index in [0.717, 1.165) is 6.21 Å². The quantitative estimate of drug-likeness (QED) is 0.257. The van der Waals surface area contributed by atoms with Gasteiger partial charge in [-0.05, 0) is 24.1 Å². The lowest BCUT2D eigenvalue weighted by Gasteiger charge is -2.20. The largest absolute Gasteiger partial charge is 0.368 e. The molecule has 2 rings (SSSR count). The number of carbonyl (C=O) groups is 2. The third-order valence-corrected chi connectivity index (χ3v) is 3.75. The van der Waals surface area contributed by atoms with Crippen molar-refractivity contribution in [3.05, 3.63) is 36.2 Å². The summed E-state index contributed by atoms with van der Waals surface area (Å²) in [5, 5.41) is 16.7. The molecule has 0 aliphatic rings. The molecule has 0 aliphatic carbocycles. The Balaban J connectivity index is 2.32. The van der Waals surface area contributed by atoms with Crippen molar-refractivity contribution in [3.63, 3.8) is 0 Å². The number of nitrogens with zero attached hydrogens (tertiary/aromatic N) is 3. The van der Waals surface area contributed by atoms with Gasteiger partial charge in [-0.1, -0.05) is 19.9 Å². The molecule has 1 atom stereocenters. The number of aromatic nitrogens is 2. The van der Waals surface area contributed by atoms with Crippen LogP contribution in [-0.2, 0) is 4.79 Å². The fraction of sp³-hybridized carbons (Fsp3) is 0.222. The predicted molar refractivity (Wildman–Crippen MR) is 113 cm³/mol. The number of hydrogen-bond acceptors (Lipinski definition) is 9. The highest BCUT2D eigenvalue weighted by molar-refractivity contribution is 6.14. The van der Waals surface area contributed by atoms with Gasteiger partial charge in [-0.3, -0.25) is 15.0 Å². The lowest BCUT2D eigenvalue weighted by Crippen LogP contribution is -2.39. The first-order valence-corrected chi connectivity index (χ1v) is 8.69. The Morgan fingerprint density at radius 2 is 1.97 bits per heavy atom. The molecule has 152 valence electrons. The number of anilines is 4. The maximum absolute atomic E-state index is 11.7. The van der Waals surface area contributed by atoms with E-state index < -0.39 is 17.9 Å². The molecule has 0 saturated carbocycles. The van der Waals surface area contributed by atoms with Gasteiger partial charge in [0.1, 0.15) is 11.9 Å². The molecule has 2 aromatic rings. The molecule has 1 aromatic carbocycles. The van der Waals surface area contributed by atoms with Crippen LogP contribution in [0.15, 0.2) is 35.6 Å². The van der Waals surface area contributed by atoms with Crippen molar-refractivity contribution in [1.29, 1.82) is 5.41 Å². The standard InChI is InChI=1S/C18H23N9O2/c1-10(2)14(16(20)28)25-13-9-22-15(17(21)29)18(26-13)24-11-4-3-5-12(8-11)27-23-7-6-19/h3-10,14,19,27H,1-2H3,(H2,20,28)(H2,21,29)(H2,24,25,26)/b19-6?,23-7-. The van der Waals surface area contributed by atoms with Crippen molar-refractivity contribution in [1.82, 2.24) is 9.97 Å². The van der Waals surface area contributed by atoms with E-state index in [4.69, 9.17) is 16.9 Å². The molecule has 0 fully saturated rings. The van der Waals surface area contributed by atoms with Crippen LogP contribution >= 0.6 is 0 Å². The van der Waals surface area contributed by atoms with Crippen LogP contribution in [-0.4, -0.2) is 40.3 Å². The van der Waals surface area contributed by atoms with E-state index >= 15 is 0 Å². The minimum Gasteiger partial charge on any atom is -0.368 e. The van der Waals surface area contributed by atoms with Gasteiger partial charge in [0.2, 0.25) is 5.91 Å². The monoisotopic (exact) mass is 397 g/mol. The summed E-state index contributed by atoms with van der Waals surface area (Å²) in [6.07, 6.45) is 3.64. The van der Waals surface area contributed by atoms with Crippen LogP contribution in [0.25, 0.3) is 0 Å². The fourth-order valence-electron chi connectivity index (χ4n) is 2.40. The molecule has 0 spiro atoms. The molecular weight excluding hydrogens is 374 g/mol. The Bertz CT molecular complexity index is 927. The maximum atomic E-state index is 11.7. The summed E-state index contributed by atoms with van der Waals surface area (Å²) < 4.78 is 0. The molecule has 1 unspecified atom stereocenters. The third-order valence-electron chi connectivity index (χ3n) is 3.75. The van der Waals surface area contributed by atoms with Crippen LogP contribution in [0.3, 0.4) is 0 Å². The van der Waals surface area contributed by atoms with Crippen molar-refractivity contribution in [3.8, 4) is 0 Å². The minimum absolute atomic E-state index is 0.0593. The molecule has 29 heavy (non-hydrogen) atoms. The van der Waals surface area contributed by atoms with Gasteiger partial charge in [-0.2, -0.15) is 5.10 Å². The molecule has 0 radical (unpaired) electrons. The zero-order valence-corrected chi connectivity index (χ0v) is 16.0. The van der Waals surface area contributed by atoms with E-state index in [1.807, 2.05) is 13.8 Å². The molecule has 0 saturated heterocycles. The maximum Gasteiger partial charge on any atom is 0.271 e. The van der Waals surface area contributed by atoms with Gasteiger partial charge < -0.3 is 27.5 Å². The van der Waals surface area contributed by atoms with Crippen molar-refractivity contribution in [2.75, 3.05) is 16.1 Å². The summed E-state index contributed by atoms with van der Waals surface area (Å²) in [5.74, 6) is -0.980. The van der Waals surface area contributed by atoms with E-state index in [1.54, 1.807) is 24.3 Å². The molecule has 2 amide bonds. The third kappa shape index (κ3) is 5.99. The van der Waals surface area contributed by atoms with Gasteiger partial charge in [0, 0.05) is 11.9 Å². The van der Waals surface area contributed by atoms with Crippen LogP contribution in [0.4, 0.5) is 23.0 Å². The minimum atomic E-state index is -0.758. The van der Waals surface area contributed by atoms with Gasteiger partial charge in [-0.25, -0.2) is 9.97 Å². The average Bonchev–Trinajstić information content (AvgIpc) is 2.66. The molecule has 11 nitrogen and oxygen atoms in total. The van der Waals surface area contributed by atoms with Crippen LogP contribution < -0.4 is 27.5 Å². The lowest BCUT2D eigenvalue weighted by molar-refractivity contribution is -0.119. The second kappa shape index (κ2) is 9.78. The zero-order chi connectivity index (χ0) is 21.4. The molecule has 1 aromatic heterocycles. The van der Waals surface area contributed by atoms with Crippen LogP contribution in [0.1, 0.15) is 24.3 Å². The van der Waals surface area contributed by atoms with Crippen molar-refractivity contribution in [2.24, 2.45) is 22.5 Å². The summed E-state index contributed by atoms with van der Waals surface area (Å²) >= 11 is 0. The van der Waals surface area contributed by atoms with Crippen molar-refractivity contribution < 1.29 is 9.59 Å². The average molecular weight is 397 g/mol. The van der Waals surface area contributed by atoms with E-state index in [1.165, 1.54) is 12.4 Å². The van der Waals surface area contributed by atoms with Crippen LogP contribution in [0.5, 0.6) is 0 Å². The van der Waals surface area contributed by atoms with Gasteiger partial charge in [-0.15, -0.1) is 0 Å². The highest BCUT2D eigenvalue weighted by Crippen LogP contribution is 2.22. The van der Waals surface area contributed by atoms with E-state index in [2.05, 4.69) is 31.1 Å². The Morgan fingerprint density at radius 3 is 2.59 bits per heavy atom. The number of carbonyl (C=O) groups excluding carboxylic acids is 2. The number of hydrazone groups is 1. The summed E-state index contributed by atoms with van der Waals surface area (Å²) in [5.41, 5.74) is 14.7. The lowest BCUT2D eigenvalue weighted by atomic mass is 10.0. The molecule has 11 heteroatoms. The van der Waals surface area contributed by atoms with Gasteiger partial charge in [0.05, 0.1) is 18.1 Å². The number of amides is 2. The number of hydrogen-bond donors (Lipinski definition) is 6. The SMILES string of the molecule is CC(C)C(Nc1cnc(C(N)=O)c(Nc2cccc(N/N=C\C=N)c2)n1)C(N)=O. The second-order valence-corrected chi connectivity index (χ2v) is 6.35. The number of benzene rings is 1. The normalized spacial score (nSPS) is 11.8. The van der Waals surface area contributed by atoms with Gasteiger partial charge >= 0.3 is 0 Å². The molecule has 1 heterocycles. The fourth-order valence-corrected chi connectivity index (χ4v) is 2.40. The molecule has 8 N–H and O–H groups in total. The van der Waals surface area contributed by atoms with Gasteiger partial charge in [0.25, 0.3) is 5.91 Å². The van der Waals surface area contributed by atoms with E-state index in [9.17, 15) is 9.59 Å². The topological polar surface area (TPSA) is 184 Å². The zero-order valence-electron chi connectivity index (χ0n) is 16.0. The summed E-state index contributed by atoms with van der Waals surface area (Å²) in [7, 11) is 0. The molecule has 0 bridgehead atoms. The Hall–Kier alpha value is -4.02. The summed E-state index contributed by atoms with van der Waals surface area (Å²) in [6, 6.07) is 6.33. The van der Waals surface area contributed by atoms with Crippen LogP contribution in [0, 0.1) is 11.3 Å². The Labute approximate surface area is 167 Å². The molecule has 0 aliphatic heterocycles. The van der Waals surface area contributed by atoms with Crippen molar-refractivity contribution >= 4 is 47.3 Å². The first kappa shape index (κ1) is 21.3. The second-order valence-electron chi connectivity index (χ2n) is 6.35. The predicted octanol–water partition coefficient (Wildman–Crippen LogP) is 1.29. The molecular formula is C18H23N9O2. The van der Waals surface area contributed by atoms with Gasteiger partial charge in [0.15, 0.2) is 11.5 Å². The van der Waals surface area contributed by atoms with Crippen LogP contribution in [0.2, 0.25) is 0 Å². The highest BCUT2D eigenvalue weighted by Gasteiger charge is 2.21. The first-order chi connectivity index (χ1) is 13.8. The number of nitrogens with one attached hydrogen (secondary N) is 4. The number of primary amides is 2. The number of rotatable bonds is 10. The van der Waals surface area contributed by atoms with E-state index in [0.29, 0.717) is 11.4 Å². The Morgan fingerprint density at radius 1 is 1.24 bits per heavy atom. The summed E-state index contributed by atoms with van der Waals surface area (Å²) in [6.45, 7) is 3.68. The first-order valence-electron chi connectivity index (χ1n) is 8.69.